The van der Waals surface area contributed by atoms with Crippen molar-refractivity contribution in [2.75, 3.05) is 0 Å². The van der Waals surface area contributed by atoms with Gasteiger partial charge in [-0.25, -0.2) is 0 Å². The number of hydrogen-bond acceptors (Lipinski definition) is 6. The van der Waals surface area contributed by atoms with Crippen molar-refractivity contribution in [2.45, 2.75) is 25.7 Å². The average Bonchev–Trinajstić information content (AvgIpc) is 2.54. The minimum atomic E-state index is -1.05. The van der Waals surface area contributed by atoms with Crippen molar-refractivity contribution in [3.8, 4) is 11.5 Å². The molecule has 0 aliphatic rings. The molecule has 2 N–H and O–H groups in total. The Balaban J connectivity index is 0.000000443. The number of hydrogen-bond donors (Lipinski definition) is 2. The maximum atomic E-state index is 10.1. The van der Waals surface area contributed by atoms with Gasteiger partial charge < -0.3 is 30.0 Å². The summed E-state index contributed by atoms with van der Waals surface area (Å²) >= 11 is 0. The second-order valence-electron chi connectivity index (χ2n) is 5.08. The number of aryl methyl sites for hydroxylation is 2. The smallest absolute Gasteiger partial charge is 0.550 e. The zero-order valence-electron chi connectivity index (χ0n) is 13.7. The van der Waals surface area contributed by atoms with Gasteiger partial charge in [0.15, 0.2) is 0 Å². The number of carboxylic acids is 2. The molecular weight excluding hydrogens is 352 g/mol. The maximum absolute atomic E-state index is 10.1. The largest absolute Gasteiger partial charge is 2.00 e. The molecule has 0 radical (unpaired) electrons. The Bertz CT molecular complexity index is 593. The van der Waals surface area contributed by atoms with Gasteiger partial charge in [-0.2, -0.15) is 0 Å². The second kappa shape index (κ2) is 12.6. The summed E-state index contributed by atoms with van der Waals surface area (Å²) in [5, 5.41) is 38.0. The molecule has 0 aliphatic carbocycles. The van der Waals surface area contributed by atoms with E-state index in [2.05, 4.69) is 0 Å². The summed E-state index contributed by atoms with van der Waals surface area (Å²) in [6.07, 6.45) is 0.931. The fourth-order valence-electron chi connectivity index (χ4n) is 1.82. The number of carbonyl (C=O) groups excluding carboxylic acids is 2. The Morgan fingerprint density at radius 1 is 0.680 bits per heavy atom. The fourth-order valence-corrected chi connectivity index (χ4v) is 1.82. The third-order valence-corrected chi connectivity index (χ3v) is 3.11. The Morgan fingerprint density at radius 2 is 0.960 bits per heavy atom. The van der Waals surface area contributed by atoms with Crippen molar-refractivity contribution in [2.24, 2.45) is 0 Å². The predicted molar refractivity (Wildman–Crippen MR) is 88.6 cm³/mol. The third kappa shape index (κ3) is 11.4. The molecule has 0 aromatic heterocycles. The molecule has 7 heteroatoms. The first-order valence-electron chi connectivity index (χ1n) is 7.32. The van der Waals surface area contributed by atoms with Crippen LogP contribution in [0.5, 0.6) is 11.5 Å². The molecule has 0 saturated heterocycles. The zero-order chi connectivity index (χ0) is 17.9. The summed E-state index contributed by atoms with van der Waals surface area (Å²) in [4.78, 5) is 20.2. The van der Waals surface area contributed by atoms with Gasteiger partial charge in [0.2, 0.25) is 0 Å². The van der Waals surface area contributed by atoms with E-state index < -0.39 is 11.9 Å². The molecule has 0 amide bonds. The third-order valence-electron chi connectivity index (χ3n) is 3.11. The molecule has 0 heterocycles. The molecule has 0 atom stereocenters. The molecule has 128 valence electrons. The zero-order valence-corrected chi connectivity index (χ0v) is 15.9. The Kier molecular flexibility index (Phi) is 11.7. The number of aliphatic carboxylic acids is 2. The van der Waals surface area contributed by atoms with Crippen LogP contribution < -0.4 is 10.2 Å². The van der Waals surface area contributed by atoms with E-state index in [9.17, 15) is 19.8 Å². The van der Waals surface area contributed by atoms with E-state index in [1.54, 1.807) is 24.3 Å². The summed E-state index contributed by atoms with van der Waals surface area (Å²) in [6.45, 7) is 0. The van der Waals surface area contributed by atoms with Crippen molar-refractivity contribution in [3.63, 3.8) is 0 Å². The predicted octanol–water partition coefficient (Wildman–Crippen LogP) is -0.231. The van der Waals surface area contributed by atoms with Gasteiger partial charge in [0.1, 0.15) is 11.5 Å². The summed E-state index contributed by atoms with van der Waals surface area (Å²) < 4.78 is 0. The van der Waals surface area contributed by atoms with E-state index in [0.717, 1.165) is 11.1 Å². The quantitative estimate of drug-likeness (QED) is 0.678. The van der Waals surface area contributed by atoms with Crippen molar-refractivity contribution < 1.29 is 30.0 Å². The number of aromatic hydroxyl groups is 2. The van der Waals surface area contributed by atoms with Crippen LogP contribution in [0.4, 0.5) is 0 Å². The van der Waals surface area contributed by atoms with E-state index >= 15 is 0 Å². The summed E-state index contributed by atoms with van der Waals surface area (Å²) in [5.74, 6) is -1.73. The molecule has 2 rings (SSSR count). The monoisotopic (exact) mass is 370 g/mol. The van der Waals surface area contributed by atoms with Crippen LogP contribution in [0.25, 0.3) is 0 Å². The summed E-state index contributed by atoms with van der Waals surface area (Å²) in [5.41, 5.74) is 1.77. The second-order valence-corrected chi connectivity index (χ2v) is 5.08. The van der Waals surface area contributed by atoms with E-state index in [-0.39, 0.29) is 62.1 Å². The van der Waals surface area contributed by atoms with Gasteiger partial charge in [0.25, 0.3) is 0 Å². The maximum Gasteiger partial charge on any atom is 2.00 e. The molecular formula is C18H18CaO6. The number of phenolic OH excluding ortho intramolecular Hbond substituents is 2. The topological polar surface area (TPSA) is 121 Å². The van der Waals surface area contributed by atoms with Crippen LogP contribution in [0.2, 0.25) is 0 Å². The van der Waals surface area contributed by atoms with Gasteiger partial charge in [0.05, 0.1) is 0 Å². The Hall–Kier alpha value is -1.76. The van der Waals surface area contributed by atoms with E-state index in [4.69, 9.17) is 10.2 Å². The van der Waals surface area contributed by atoms with Gasteiger partial charge in [-0.05, 0) is 61.1 Å². The normalized spacial score (nSPS) is 9.28. The average molecular weight is 370 g/mol. The van der Waals surface area contributed by atoms with Crippen LogP contribution in [0.3, 0.4) is 0 Å². The molecule has 2 aromatic rings. The van der Waals surface area contributed by atoms with Gasteiger partial charge in [-0.15, -0.1) is 0 Å². The molecule has 6 nitrogen and oxygen atoms in total. The first-order chi connectivity index (χ1) is 11.4. The number of benzene rings is 2. The van der Waals surface area contributed by atoms with Crippen LogP contribution in [0.1, 0.15) is 24.0 Å². The van der Waals surface area contributed by atoms with Crippen LogP contribution in [-0.2, 0) is 22.4 Å². The molecule has 0 saturated carbocycles. The van der Waals surface area contributed by atoms with Crippen LogP contribution in [0.15, 0.2) is 48.5 Å². The molecule has 0 aliphatic heterocycles. The standard InChI is InChI=1S/2C9H10O3.Ca/c2*10-8-4-1-7(2-5-8)3-6-9(11)12;/h2*1-2,4-5,10H,3,6H2,(H,11,12);/q;;+2/p-2. The van der Waals surface area contributed by atoms with E-state index in [1.165, 1.54) is 24.3 Å². The Morgan fingerprint density at radius 3 is 1.20 bits per heavy atom. The van der Waals surface area contributed by atoms with E-state index in [0.29, 0.717) is 12.8 Å². The number of carbonyl (C=O) groups is 2. The Labute approximate surface area is 175 Å². The van der Waals surface area contributed by atoms with Crippen molar-refractivity contribution in [1.82, 2.24) is 0 Å². The summed E-state index contributed by atoms with van der Waals surface area (Å²) in [6, 6.07) is 12.9. The number of rotatable bonds is 6. The summed E-state index contributed by atoms with van der Waals surface area (Å²) in [7, 11) is 0. The van der Waals surface area contributed by atoms with Gasteiger partial charge in [0, 0.05) is 11.9 Å². The van der Waals surface area contributed by atoms with Crippen molar-refractivity contribution in [3.05, 3.63) is 59.7 Å². The van der Waals surface area contributed by atoms with Crippen LogP contribution >= 0.6 is 0 Å². The van der Waals surface area contributed by atoms with Gasteiger partial charge >= 0.3 is 37.7 Å². The van der Waals surface area contributed by atoms with E-state index in [1.807, 2.05) is 0 Å². The molecule has 2 aromatic carbocycles. The van der Waals surface area contributed by atoms with Crippen molar-refractivity contribution in [1.29, 1.82) is 0 Å². The fraction of sp³-hybridized carbons (Fsp3) is 0.222. The van der Waals surface area contributed by atoms with Crippen LogP contribution in [0, 0.1) is 0 Å². The first kappa shape index (κ1) is 23.2. The first-order valence-corrected chi connectivity index (χ1v) is 7.32. The van der Waals surface area contributed by atoms with Gasteiger partial charge in [-0.3, -0.25) is 0 Å². The number of phenols is 2. The molecule has 0 unspecified atom stereocenters. The SMILES string of the molecule is O=C([O-])CCc1ccc(O)cc1.O=C([O-])CCc1ccc(O)cc1.[Ca+2]. The van der Waals surface area contributed by atoms with Gasteiger partial charge in [-0.1, -0.05) is 24.3 Å². The van der Waals surface area contributed by atoms with Crippen molar-refractivity contribution >= 4 is 49.7 Å². The van der Waals surface area contributed by atoms with Crippen LogP contribution in [-0.4, -0.2) is 59.9 Å². The molecule has 0 fully saturated rings. The minimum absolute atomic E-state index is 0. The molecule has 0 spiro atoms. The molecule has 25 heavy (non-hydrogen) atoms. The minimum Gasteiger partial charge on any atom is -0.550 e. The molecule has 0 bridgehead atoms. The number of carboxylic acid groups (broad SMARTS) is 2.